The van der Waals surface area contributed by atoms with Crippen molar-refractivity contribution in [2.75, 3.05) is 26.2 Å². The van der Waals surface area contributed by atoms with E-state index in [-0.39, 0.29) is 0 Å². The SMILES string of the molecule is c1ccc(-c2ccccc2OCC2CN3CCC2CC3)cc1. The molecule has 0 aromatic heterocycles. The highest BCUT2D eigenvalue weighted by Gasteiger charge is 2.34. The van der Waals surface area contributed by atoms with Gasteiger partial charge in [-0.05, 0) is 43.5 Å². The van der Waals surface area contributed by atoms with Crippen molar-refractivity contribution < 1.29 is 4.74 Å². The van der Waals surface area contributed by atoms with Crippen LogP contribution in [-0.4, -0.2) is 31.1 Å². The van der Waals surface area contributed by atoms with Crippen LogP contribution in [0.5, 0.6) is 5.75 Å². The number of nitrogens with zero attached hydrogens (tertiary/aromatic N) is 1. The number of hydrogen-bond acceptors (Lipinski definition) is 2. The molecule has 5 rings (SSSR count). The minimum Gasteiger partial charge on any atom is -0.493 e. The summed E-state index contributed by atoms with van der Waals surface area (Å²) in [5, 5.41) is 0. The Kier molecular flexibility index (Phi) is 3.86. The Morgan fingerprint density at radius 2 is 1.64 bits per heavy atom. The zero-order valence-electron chi connectivity index (χ0n) is 12.9. The van der Waals surface area contributed by atoms with Crippen molar-refractivity contribution in [1.29, 1.82) is 0 Å². The van der Waals surface area contributed by atoms with Crippen molar-refractivity contribution in [3.05, 3.63) is 54.6 Å². The first-order chi connectivity index (χ1) is 10.9. The maximum Gasteiger partial charge on any atom is 0.127 e. The van der Waals surface area contributed by atoms with E-state index in [2.05, 4.69) is 59.5 Å². The molecule has 0 aliphatic carbocycles. The monoisotopic (exact) mass is 293 g/mol. The first kappa shape index (κ1) is 13.8. The molecule has 1 unspecified atom stereocenters. The Bertz CT molecular complexity index is 617. The predicted octanol–water partition coefficient (Wildman–Crippen LogP) is 4.07. The smallest absolute Gasteiger partial charge is 0.127 e. The number of piperidine rings is 3. The van der Waals surface area contributed by atoms with Gasteiger partial charge in [-0.15, -0.1) is 0 Å². The van der Waals surface area contributed by atoms with Crippen LogP contribution < -0.4 is 4.74 Å². The molecule has 3 aliphatic heterocycles. The summed E-state index contributed by atoms with van der Waals surface area (Å²) in [4.78, 5) is 2.59. The average molecular weight is 293 g/mol. The van der Waals surface area contributed by atoms with E-state index in [4.69, 9.17) is 4.74 Å². The van der Waals surface area contributed by atoms with Gasteiger partial charge in [0.05, 0.1) is 6.61 Å². The van der Waals surface area contributed by atoms with Crippen molar-refractivity contribution in [1.82, 2.24) is 4.90 Å². The topological polar surface area (TPSA) is 12.5 Å². The number of fused-ring (bicyclic) bond motifs is 3. The Labute approximate surface area is 132 Å². The van der Waals surface area contributed by atoms with Gasteiger partial charge in [0.25, 0.3) is 0 Å². The van der Waals surface area contributed by atoms with Crippen LogP contribution in [0.2, 0.25) is 0 Å². The molecule has 0 radical (unpaired) electrons. The Morgan fingerprint density at radius 3 is 2.36 bits per heavy atom. The fourth-order valence-corrected chi connectivity index (χ4v) is 3.92. The van der Waals surface area contributed by atoms with Gasteiger partial charge in [0.1, 0.15) is 5.75 Å². The van der Waals surface area contributed by atoms with Crippen LogP contribution in [0.15, 0.2) is 54.6 Å². The summed E-state index contributed by atoms with van der Waals surface area (Å²) in [6, 6.07) is 18.9. The normalized spacial score (nSPS) is 26.8. The van der Waals surface area contributed by atoms with Gasteiger partial charge in [0.15, 0.2) is 0 Å². The van der Waals surface area contributed by atoms with E-state index in [0.29, 0.717) is 5.92 Å². The molecule has 1 atom stereocenters. The Balaban J connectivity index is 1.49. The second kappa shape index (κ2) is 6.13. The lowest BCUT2D eigenvalue weighted by Crippen LogP contribution is -2.49. The van der Waals surface area contributed by atoms with E-state index in [1.54, 1.807) is 0 Å². The predicted molar refractivity (Wildman–Crippen MR) is 90.0 cm³/mol. The first-order valence-corrected chi connectivity index (χ1v) is 8.40. The number of rotatable bonds is 4. The van der Waals surface area contributed by atoms with E-state index >= 15 is 0 Å². The molecular formula is C20H23NO. The maximum absolute atomic E-state index is 6.26. The molecule has 3 saturated heterocycles. The van der Waals surface area contributed by atoms with E-state index < -0.39 is 0 Å². The standard InChI is InChI=1S/C20H23NO/c1-2-6-17(7-3-1)19-8-4-5-9-20(19)22-15-18-14-21-12-10-16(18)11-13-21/h1-9,16,18H,10-15H2. The van der Waals surface area contributed by atoms with Crippen LogP contribution in [-0.2, 0) is 0 Å². The van der Waals surface area contributed by atoms with Gasteiger partial charge in [-0.1, -0.05) is 48.5 Å². The van der Waals surface area contributed by atoms with Crippen molar-refractivity contribution >= 4 is 0 Å². The molecular weight excluding hydrogens is 270 g/mol. The third-order valence-corrected chi connectivity index (χ3v) is 5.22. The molecule has 2 aromatic carbocycles. The molecule has 2 nitrogen and oxygen atoms in total. The van der Waals surface area contributed by atoms with Gasteiger partial charge in [0.2, 0.25) is 0 Å². The third-order valence-electron chi connectivity index (χ3n) is 5.22. The number of ether oxygens (including phenoxy) is 1. The highest BCUT2D eigenvalue weighted by Crippen LogP contribution is 2.34. The summed E-state index contributed by atoms with van der Waals surface area (Å²) in [5.41, 5.74) is 2.43. The van der Waals surface area contributed by atoms with Gasteiger partial charge in [-0.2, -0.15) is 0 Å². The summed E-state index contributed by atoms with van der Waals surface area (Å²) in [5.74, 6) is 2.59. The van der Waals surface area contributed by atoms with E-state index in [9.17, 15) is 0 Å². The molecule has 114 valence electrons. The molecule has 0 N–H and O–H groups in total. The molecule has 0 amide bonds. The zero-order chi connectivity index (χ0) is 14.8. The van der Waals surface area contributed by atoms with Gasteiger partial charge in [-0.25, -0.2) is 0 Å². The van der Waals surface area contributed by atoms with Crippen LogP contribution in [0.25, 0.3) is 11.1 Å². The summed E-state index contributed by atoms with van der Waals surface area (Å²) in [6.07, 6.45) is 2.71. The largest absolute Gasteiger partial charge is 0.493 e. The van der Waals surface area contributed by atoms with Gasteiger partial charge >= 0.3 is 0 Å². The Hall–Kier alpha value is -1.80. The minimum atomic E-state index is 0.700. The van der Waals surface area contributed by atoms with E-state index in [0.717, 1.165) is 18.3 Å². The lowest BCUT2D eigenvalue weighted by Gasteiger charge is -2.44. The molecule has 0 spiro atoms. The second-order valence-corrected chi connectivity index (χ2v) is 6.57. The van der Waals surface area contributed by atoms with Crippen LogP contribution in [0.1, 0.15) is 12.8 Å². The molecule has 3 aliphatic rings. The zero-order valence-corrected chi connectivity index (χ0v) is 12.9. The summed E-state index contributed by atoms with van der Waals surface area (Å²) in [7, 11) is 0. The van der Waals surface area contributed by atoms with Crippen molar-refractivity contribution in [3.8, 4) is 16.9 Å². The Morgan fingerprint density at radius 1 is 0.909 bits per heavy atom. The average Bonchev–Trinajstić information content (AvgIpc) is 2.62. The number of para-hydroxylation sites is 1. The lowest BCUT2D eigenvalue weighted by atomic mass is 9.79. The minimum absolute atomic E-state index is 0.700. The molecule has 22 heavy (non-hydrogen) atoms. The maximum atomic E-state index is 6.26. The summed E-state index contributed by atoms with van der Waals surface area (Å²) < 4.78 is 6.26. The van der Waals surface area contributed by atoms with Crippen molar-refractivity contribution in [2.45, 2.75) is 12.8 Å². The molecule has 2 bridgehead atoms. The van der Waals surface area contributed by atoms with E-state index in [1.165, 1.54) is 43.6 Å². The number of hydrogen-bond donors (Lipinski definition) is 0. The second-order valence-electron chi connectivity index (χ2n) is 6.57. The van der Waals surface area contributed by atoms with Gasteiger partial charge < -0.3 is 9.64 Å². The van der Waals surface area contributed by atoms with Crippen LogP contribution in [0.4, 0.5) is 0 Å². The third kappa shape index (κ3) is 2.76. The summed E-state index contributed by atoms with van der Waals surface area (Å²) in [6.45, 7) is 4.66. The molecule has 0 saturated carbocycles. The first-order valence-electron chi connectivity index (χ1n) is 8.40. The highest BCUT2D eigenvalue weighted by atomic mass is 16.5. The van der Waals surface area contributed by atoms with Crippen LogP contribution in [0.3, 0.4) is 0 Å². The van der Waals surface area contributed by atoms with Crippen LogP contribution in [0, 0.1) is 11.8 Å². The fraction of sp³-hybridized carbons (Fsp3) is 0.400. The number of benzene rings is 2. The molecule has 3 heterocycles. The van der Waals surface area contributed by atoms with E-state index in [1.807, 2.05) is 0 Å². The van der Waals surface area contributed by atoms with Gasteiger partial charge in [-0.3, -0.25) is 0 Å². The quantitative estimate of drug-likeness (QED) is 0.842. The lowest BCUT2D eigenvalue weighted by molar-refractivity contribution is 0.0258. The molecule has 2 aromatic rings. The van der Waals surface area contributed by atoms with Gasteiger partial charge in [0, 0.05) is 18.0 Å². The molecule has 2 heteroatoms. The van der Waals surface area contributed by atoms with Crippen molar-refractivity contribution in [2.24, 2.45) is 11.8 Å². The molecule has 3 fully saturated rings. The summed E-state index contributed by atoms with van der Waals surface area (Å²) >= 11 is 0. The highest BCUT2D eigenvalue weighted by molar-refractivity contribution is 5.70. The fourth-order valence-electron chi connectivity index (χ4n) is 3.92. The van der Waals surface area contributed by atoms with Crippen LogP contribution >= 0.6 is 0 Å². The van der Waals surface area contributed by atoms with Crippen molar-refractivity contribution in [3.63, 3.8) is 0 Å².